The lowest BCUT2D eigenvalue weighted by molar-refractivity contribution is 0.0695. The SMILES string of the molecule is CC1CCC(CN)(C(=O)c2cccc(Cl)c2)CC1. The maximum atomic E-state index is 12.7. The summed E-state index contributed by atoms with van der Waals surface area (Å²) in [5, 5.41) is 0.609. The summed E-state index contributed by atoms with van der Waals surface area (Å²) in [6, 6.07) is 7.20. The molecule has 0 amide bonds. The second-order valence-corrected chi connectivity index (χ2v) is 5.94. The molecule has 0 unspecified atom stereocenters. The summed E-state index contributed by atoms with van der Waals surface area (Å²) in [4.78, 5) is 12.7. The fourth-order valence-electron chi connectivity index (χ4n) is 2.77. The first-order valence-electron chi connectivity index (χ1n) is 6.58. The Balaban J connectivity index is 2.25. The number of hydrogen-bond acceptors (Lipinski definition) is 2. The molecule has 0 atom stereocenters. The number of hydrogen-bond donors (Lipinski definition) is 1. The van der Waals surface area contributed by atoms with Crippen molar-refractivity contribution < 1.29 is 4.79 Å². The Kier molecular flexibility index (Phi) is 4.08. The lowest BCUT2D eigenvalue weighted by Gasteiger charge is -2.37. The Hall–Kier alpha value is -0.860. The number of Topliss-reactive ketones (excluding diaryl/α,β-unsaturated/α-hetero) is 1. The molecule has 1 aromatic rings. The van der Waals surface area contributed by atoms with Crippen molar-refractivity contribution >= 4 is 17.4 Å². The number of carbonyl (C=O) groups is 1. The van der Waals surface area contributed by atoms with Crippen molar-refractivity contribution in [3.8, 4) is 0 Å². The third-order valence-corrected chi connectivity index (χ3v) is 4.43. The van der Waals surface area contributed by atoms with E-state index in [0.29, 0.717) is 23.0 Å². The summed E-state index contributed by atoms with van der Waals surface area (Å²) >= 11 is 5.96. The van der Waals surface area contributed by atoms with Crippen LogP contribution in [0.5, 0.6) is 0 Å². The molecule has 1 aliphatic rings. The molecule has 0 bridgehead atoms. The molecule has 1 aromatic carbocycles. The third-order valence-electron chi connectivity index (χ3n) is 4.19. The average Bonchev–Trinajstić information content (AvgIpc) is 2.39. The van der Waals surface area contributed by atoms with E-state index in [-0.39, 0.29) is 11.2 Å². The van der Waals surface area contributed by atoms with Crippen LogP contribution >= 0.6 is 11.6 Å². The molecular weight excluding hydrogens is 246 g/mol. The fourth-order valence-corrected chi connectivity index (χ4v) is 2.96. The van der Waals surface area contributed by atoms with Crippen molar-refractivity contribution in [3.63, 3.8) is 0 Å². The molecule has 0 radical (unpaired) electrons. The summed E-state index contributed by atoms with van der Waals surface area (Å²) in [7, 11) is 0. The lowest BCUT2D eigenvalue weighted by Crippen LogP contribution is -2.41. The van der Waals surface area contributed by atoms with Crippen molar-refractivity contribution in [1.82, 2.24) is 0 Å². The Labute approximate surface area is 114 Å². The van der Waals surface area contributed by atoms with Gasteiger partial charge in [-0.2, -0.15) is 0 Å². The molecule has 0 spiro atoms. The van der Waals surface area contributed by atoms with Gasteiger partial charge in [-0.3, -0.25) is 4.79 Å². The van der Waals surface area contributed by atoms with Crippen LogP contribution in [0.25, 0.3) is 0 Å². The van der Waals surface area contributed by atoms with Gasteiger partial charge in [-0.25, -0.2) is 0 Å². The highest BCUT2D eigenvalue weighted by molar-refractivity contribution is 6.31. The maximum Gasteiger partial charge on any atom is 0.170 e. The van der Waals surface area contributed by atoms with Crippen molar-refractivity contribution in [2.45, 2.75) is 32.6 Å². The predicted molar refractivity (Wildman–Crippen MR) is 74.9 cm³/mol. The van der Waals surface area contributed by atoms with E-state index in [1.165, 1.54) is 0 Å². The van der Waals surface area contributed by atoms with Gasteiger partial charge in [-0.05, 0) is 43.7 Å². The first-order chi connectivity index (χ1) is 8.57. The topological polar surface area (TPSA) is 43.1 Å². The Bertz CT molecular complexity index is 436. The van der Waals surface area contributed by atoms with Gasteiger partial charge in [-0.15, -0.1) is 0 Å². The van der Waals surface area contributed by atoms with Gasteiger partial charge in [0.2, 0.25) is 0 Å². The van der Waals surface area contributed by atoms with E-state index in [9.17, 15) is 4.79 Å². The van der Waals surface area contributed by atoms with Crippen LogP contribution in [-0.4, -0.2) is 12.3 Å². The number of nitrogens with two attached hydrogens (primary N) is 1. The van der Waals surface area contributed by atoms with E-state index in [1.807, 2.05) is 12.1 Å². The molecule has 18 heavy (non-hydrogen) atoms. The van der Waals surface area contributed by atoms with Gasteiger partial charge in [0.1, 0.15) is 0 Å². The summed E-state index contributed by atoms with van der Waals surface area (Å²) in [6.07, 6.45) is 3.97. The highest BCUT2D eigenvalue weighted by Gasteiger charge is 2.40. The van der Waals surface area contributed by atoms with E-state index >= 15 is 0 Å². The smallest absolute Gasteiger partial charge is 0.170 e. The minimum atomic E-state index is -0.364. The Morgan fingerprint density at radius 2 is 2.11 bits per heavy atom. The molecule has 2 rings (SSSR count). The molecule has 0 aromatic heterocycles. The van der Waals surface area contributed by atoms with Crippen LogP contribution < -0.4 is 5.73 Å². The van der Waals surface area contributed by atoms with Gasteiger partial charge in [0.25, 0.3) is 0 Å². The fraction of sp³-hybridized carbons (Fsp3) is 0.533. The molecule has 1 saturated carbocycles. The highest BCUT2D eigenvalue weighted by atomic mass is 35.5. The number of halogens is 1. The molecule has 2 nitrogen and oxygen atoms in total. The third kappa shape index (κ3) is 2.60. The van der Waals surface area contributed by atoms with Crippen LogP contribution in [0, 0.1) is 11.3 Å². The lowest BCUT2D eigenvalue weighted by atomic mass is 9.67. The summed E-state index contributed by atoms with van der Waals surface area (Å²) in [5.41, 5.74) is 6.24. The monoisotopic (exact) mass is 265 g/mol. The number of benzene rings is 1. The van der Waals surface area contributed by atoms with Gasteiger partial charge in [-0.1, -0.05) is 30.7 Å². The molecule has 1 aliphatic carbocycles. The van der Waals surface area contributed by atoms with Gasteiger partial charge < -0.3 is 5.73 Å². The van der Waals surface area contributed by atoms with Gasteiger partial charge >= 0.3 is 0 Å². The predicted octanol–water partition coefficient (Wildman–Crippen LogP) is 3.68. The first kappa shape index (κ1) is 13.6. The van der Waals surface area contributed by atoms with Gasteiger partial charge in [0, 0.05) is 22.5 Å². The zero-order valence-corrected chi connectivity index (χ0v) is 11.5. The second-order valence-electron chi connectivity index (χ2n) is 5.51. The second kappa shape index (κ2) is 5.41. The summed E-state index contributed by atoms with van der Waals surface area (Å²) in [5.74, 6) is 0.872. The van der Waals surface area contributed by atoms with Crippen LogP contribution in [-0.2, 0) is 0 Å². The van der Waals surface area contributed by atoms with Crippen LogP contribution in [0.1, 0.15) is 43.0 Å². The van der Waals surface area contributed by atoms with Gasteiger partial charge in [0.15, 0.2) is 5.78 Å². The number of ketones is 1. The highest BCUT2D eigenvalue weighted by Crippen LogP contribution is 2.40. The molecule has 0 heterocycles. The quantitative estimate of drug-likeness (QED) is 0.848. The molecule has 0 aliphatic heterocycles. The Morgan fingerprint density at radius 1 is 1.44 bits per heavy atom. The van der Waals surface area contributed by atoms with Gasteiger partial charge in [0.05, 0.1) is 0 Å². The molecular formula is C15H20ClNO. The number of carbonyl (C=O) groups excluding carboxylic acids is 1. The molecule has 98 valence electrons. The minimum Gasteiger partial charge on any atom is -0.329 e. The first-order valence-corrected chi connectivity index (χ1v) is 6.96. The van der Waals surface area contributed by atoms with Crippen LogP contribution in [0.3, 0.4) is 0 Å². The van der Waals surface area contributed by atoms with Crippen LogP contribution in [0.2, 0.25) is 5.02 Å². The largest absolute Gasteiger partial charge is 0.329 e. The van der Waals surface area contributed by atoms with E-state index in [1.54, 1.807) is 12.1 Å². The summed E-state index contributed by atoms with van der Waals surface area (Å²) in [6.45, 7) is 2.68. The minimum absolute atomic E-state index is 0.166. The zero-order valence-electron chi connectivity index (χ0n) is 10.8. The van der Waals surface area contributed by atoms with E-state index in [0.717, 1.165) is 25.7 Å². The van der Waals surface area contributed by atoms with Crippen molar-refractivity contribution in [3.05, 3.63) is 34.9 Å². The summed E-state index contributed by atoms with van der Waals surface area (Å²) < 4.78 is 0. The molecule has 0 saturated heterocycles. The molecule has 3 heteroatoms. The zero-order chi connectivity index (χ0) is 13.2. The normalized spacial score (nSPS) is 28.1. The molecule has 2 N–H and O–H groups in total. The van der Waals surface area contributed by atoms with Crippen molar-refractivity contribution in [2.75, 3.05) is 6.54 Å². The molecule has 1 fully saturated rings. The van der Waals surface area contributed by atoms with Crippen molar-refractivity contribution in [2.24, 2.45) is 17.1 Å². The van der Waals surface area contributed by atoms with Crippen LogP contribution in [0.4, 0.5) is 0 Å². The van der Waals surface area contributed by atoms with Crippen molar-refractivity contribution in [1.29, 1.82) is 0 Å². The van der Waals surface area contributed by atoms with E-state index in [4.69, 9.17) is 17.3 Å². The Morgan fingerprint density at radius 3 is 2.67 bits per heavy atom. The van der Waals surface area contributed by atoms with E-state index < -0.39 is 0 Å². The van der Waals surface area contributed by atoms with E-state index in [2.05, 4.69) is 6.92 Å². The standard InChI is InChI=1S/C15H20ClNO/c1-11-5-7-15(10-17,8-6-11)14(18)12-3-2-4-13(16)9-12/h2-4,9,11H,5-8,10,17H2,1H3. The number of rotatable bonds is 3. The van der Waals surface area contributed by atoms with Crippen LogP contribution in [0.15, 0.2) is 24.3 Å². The maximum absolute atomic E-state index is 12.7. The average molecular weight is 266 g/mol.